The van der Waals surface area contributed by atoms with Crippen LogP contribution in [0.3, 0.4) is 0 Å². The predicted molar refractivity (Wildman–Crippen MR) is 29.8 cm³/mol. The molecule has 0 aromatic heterocycles. The van der Waals surface area contributed by atoms with Crippen molar-refractivity contribution >= 4 is 14.0 Å². The maximum Gasteiger partial charge on any atom is 0.215 e. The molecule has 1 heterocycles. The van der Waals surface area contributed by atoms with Crippen molar-refractivity contribution in [2.75, 3.05) is 13.0 Å². The molecule has 2 atom stereocenters. The van der Waals surface area contributed by atoms with Gasteiger partial charge in [-0.1, -0.05) is 4.67 Å². The van der Waals surface area contributed by atoms with E-state index in [1.165, 1.54) is 0 Å². The molecule has 6 heavy (non-hydrogen) atoms. The maximum absolute atomic E-state index is 5.23. The number of rotatable bonds is 1. The molecule has 0 saturated carbocycles. The Balaban J connectivity index is 2.26. The van der Waals surface area contributed by atoms with Gasteiger partial charge >= 0.3 is 0 Å². The molecule has 0 amide bonds. The highest BCUT2D eigenvalue weighted by Crippen LogP contribution is 2.42. The van der Waals surface area contributed by atoms with Crippen LogP contribution in [0, 0.1) is 0 Å². The summed E-state index contributed by atoms with van der Waals surface area (Å²) in [6.07, 6.45) is 4.97. The molecule has 2 nitrogen and oxygen atoms in total. The zero-order valence-corrected chi connectivity index (χ0v) is 4.49. The van der Waals surface area contributed by atoms with Crippen LogP contribution in [0.5, 0.6) is 0 Å². The van der Waals surface area contributed by atoms with Gasteiger partial charge in [-0.05, 0) is 0 Å². The first-order chi connectivity index (χ1) is 2.84. The van der Waals surface area contributed by atoms with Crippen molar-refractivity contribution in [3.05, 3.63) is 0 Å². The van der Waals surface area contributed by atoms with E-state index < -0.39 is 0 Å². The largest absolute Gasteiger partial charge is 0.315 e. The van der Waals surface area contributed by atoms with Crippen molar-refractivity contribution in [2.24, 2.45) is 5.73 Å². The average Bonchev–Trinajstić information content (AvgIpc) is 2.19. The molecule has 1 rings (SSSR count). The van der Waals surface area contributed by atoms with Crippen LogP contribution in [0.4, 0.5) is 0 Å². The SMILES string of the molecule is C=[P+]1CN1CN. The Morgan fingerprint density at radius 1 is 2.00 bits per heavy atom. The fourth-order valence-corrected chi connectivity index (χ4v) is 1.27. The molecule has 0 radical (unpaired) electrons. The molecular formula is C3H8N2P+. The monoisotopic (exact) mass is 103 g/mol. The number of nitrogens with two attached hydrogens (primary N) is 1. The molecule has 1 aliphatic rings. The predicted octanol–water partition coefficient (Wildman–Crippen LogP) is 0.00460. The van der Waals surface area contributed by atoms with E-state index in [9.17, 15) is 0 Å². The highest BCUT2D eigenvalue weighted by atomic mass is 31.1. The first-order valence-electron chi connectivity index (χ1n) is 1.87. The van der Waals surface area contributed by atoms with Gasteiger partial charge in [-0.25, -0.2) is 0 Å². The lowest BCUT2D eigenvalue weighted by Crippen LogP contribution is -2.06. The van der Waals surface area contributed by atoms with Crippen LogP contribution in [0.25, 0.3) is 0 Å². The lowest BCUT2D eigenvalue weighted by Gasteiger charge is -1.71. The topological polar surface area (TPSA) is 29.0 Å². The molecular weight excluding hydrogens is 95.0 g/mol. The first kappa shape index (κ1) is 4.25. The second kappa shape index (κ2) is 1.30. The lowest BCUT2D eigenvalue weighted by atomic mass is 11.1. The van der Waals surface area contributed by atoms with E-state index >= 15 is 0 Å². The second-order valence-electron chi connectivity index (χ2n) is 1.34. The van der Waals surface area contributed by atoms with Crippen LogP contribution in [-0.2, 0) is 0 Å². The van der Waals surface area contributed by atoms with Crippen LogP contribution in [0.15, 0.2) is 0 Å². The summed E-state index contributed by atoms with van der Waals surface area (Å²) >= 11 is 0. The van der Waals surface area contributed by atoms with Gasteiger partial charge in [0.2, 0.25) is 14.0 Å². The molecule has 1 fully saturated rings. The minimum absolute atomic E-state index is 0.0244. The van der Waals surface area contributed by atoms with Gasteiger partial charge in [0.25, 0.3) is 0 Å². The third-order valence-corrected chi connectivity index (χ3v) is 2.30. The Morgan fingerprint density at radius 2 is 2.50 bits per heavy atom. The Bertz CT molecular complexity index is 80.9. The molecule has 0 bridgehead atoms. The van der Waals surface area contributed by atoms with Gasteiger partial charge in [-0.2, -0.15) is 0 Å². The van der Waals surface area contributed by atoms with Gasteiger partial charge in [0, 0.05) is 0 Å². The lowest BCUT2D eigenvalue weighted by molar-refractivity contribution is 0.645. The Morgan fingerprint density at radius 3 is 2.50 bits per heavy atom. The summed E-state index contributed by atoms with van der Waals surface area (Å²) in [7, 11) is 0.0244. The summed E-state index contributed by atoms with van der Waals surface area (Å²) in [5, 5.41) is 0. The van der Waals surface area contributed by atoms with Crippen molar-refractivity contribution in [1.82, 2.24) is 4.67 Å². The number of hydrogen-bond donors (Lipinski definition) is 1. The van der Waals surface area contributed by atoms with E-state index in [-0.39, 0.29) is 7.70 Å². The van der Waals surface area contributed by atoms with Crippen molar-refractivity contribution in [2.45, 2.75) is 0 Å². The van der Waals surface area contributed by atoms with Crippen LogP contribution >= 0.6 is 7.70 Å². The van der Waals surface area contributed by atoms with Gasteiger partial charge in [-0.15, -0.1) is 0 Å². The summed E-state index contributed by atoms with van der Waals surface area (Å²) in [6, 6.07) is 0. The van der Waals surface area contributed by atoms with E-state index in [4.69, 9.17) is 5.73 Å². The van der Waals surface area contributed by atoms with Gasteiger partial charge in [0.1, 0.15) is 0 Å². The van der Waals surface area contributed by atoms with Crippen LogP contribution in [-0.4, -0.2) is 23.9 Å². The average molecular weight is 103 g/mol. The quantitative estimate of drug-likeness (QED) is 0.374. The standard InChI is InChI=1S/C3H8N2P/c1-6-3-5(6)2-4/h1-4H2/q+1. The summed E-state index contributed by atoms with van der Waals surface area (Å²) in [5.41, 5.74) is 5.23. The third-order valence-electron chi connectivity index (χ3n) is 0.852. The zero-order chi connectivity index (χ0) is 4.57. The van der Waals surface area contributed by atoms with E-state index in [0.29, 0.717) is 6.67 Å². The number of nitrogens with zero attached hydrogens (tertiary/aromatic N) is 1. The van der Waals surface area contributed by atoms with E-state index in [1.54, 1.807) is 0 Å². The van der Waals surface area contributed by atoms with Crippen molar-refractivity contribution < 1.29 is 0 Å². The fraction of sp³-hybridized carbons (Fsp3) is 0.667. The Hall–Kier alpha value is 0.0900. The summed E-state index contributed by atoms with van der Waals surface area (Å²) < 4.78 is 2.15. The molecule has 0 aliphatic carbocycles. The minimum atomic E-state index is 0.0244. The number of hydrogen-bond acceptors (Lipinski definition) is 2. The Labute approximate surface area is 38.4 Å². The van der Waals surface area contributed by atoms with Gasteiger partial charge in [0.05, 0.1) is 13.0 Å². The molecule has 2 N–H and O–H groups in total. The van der Waals surface area contributed by atoms with Gasteiger partial charge in [-0.3, -0.25) is 0 Å². The van der Waals surface area contributed by atoms with E-state index in [1.807, 2.05) is 0 Å². The van der Waals surface area contributed by atoms with E-state index in [2.05, 4.69) is 11.0 Å². The van der Waals surface area contributed by atoms with Crippen molar-refractivity contribution in [3.63, 3.8) is 0 Å². The zero-order valence-electron chi connectivity index (χ0n) is 3.59. The van der Waals surface area contributed by atoms with Gasteiger partial charge in [0.15, 0.2) is 0 Å². The van der Waals surface area contributed by atoms with E-state index in [0.717, 1.165) is 6.29 Å². The molecule has 3 heteroatoms. The molecule has 1 saturated heterocycles. The second-order valence-corrected chi connectivity index (χ2v) is 3.20. The molecule has 0 spiro atoms. The molecule has 2 unspecified atom stereocenters. The third kappa shape index (κ3) is 0.597. The first-order valence-corrected chi connectivity index (χ1v) is 3.54. The summed E-state index contributed by atoms with van der Waals surface area (Å²) in [5.74, 6) is 0. The van der Waals surface area contributed by atoms with Crippen molar-refractivity contribution in [3.8, 4) is 0 Å². The molecule has 1 aliphatic heterocycles. The van der Waals surface area contributed by atoms with Gasteiger partial charge < -0.3 is 5.73 Å². The Kier molecular flexibility index (Phi) is 0.922. The molecule has 0 aromatic rings. The minimum Gasteiger partial charge on any atom is -0.315 e. The van der Waals surface area contributed by atoms with Crippen LogP contribution < -0.4 is 5.73 Å². The highest BCUT2D eigenvalue weighted by molar-refractivity contribution is 7.59. The summed E-state index contributed by atoms with van der Waals surface area (Å²) in [6.45, 7) is 0.704. The fourth-order valence-electron chi connectivity index (χ4n) is 0.333. The normalized spacial score (nSPS) is 36.8. The van der Waals surface area contributed by atoms with Crippen LogP contribution in [0.1, 0.15) is 0 Å². The van der Waals surface area contributed by atoms with Crippen LogP contribution in [0.2, 0.25) is 0 Å². The molecule has 34 valence electrons. The maximum atomic E-state index is 5.23. The molecule has 0 aromatic carbocycles. The van der Waals surface area contributed by atoms with Crippen molar-refractivity contribution in [1.29, 1.82) is 0 Å². The highest BCUT2D eigenvalue weighted by Gasteiger charge is 2.37. The summed E-state index contributed by atoms with van der Waals surface area (Å²) in [4.78, 5) is 0. The smallest absolute Gasteiger partial charge is 0.215 e.